The van der Waals surface area contributed by atoms with Crippen LogP contribution >= 0.6 is 0 Å². The highest BCUT2D eigenvalue weighted by molar-refractivity contribution is 5.11. The Labute approximate surface area is 136 Å². The van der Waals surface area contributed by atoms with E-state index in [0.717, 1.165) is 31.5 Å². The molecular weight excluding hydrogens is 274 g/mol. The molecule has 4 atom stereocenters. The highest BCUT2D eigenvalue weighted by atomic mass is 16.5. The lowest BCUT2D eigenvalue weighted by molar-refractivity contribution is -0.0802. The molecule has 128 valence electrons. The number of nitrogens with zero attached hydrogens (tertiary/aromatic N) is 1. The summed E-state index contributed by atoms with van der Waals surface area (Å²) in [5.41, 5.74) is 0.698. The summed E-state index contributed by atoms with van der Waals surface area (Å²) in [6, 6.07) is 0. The maximum Gasteiger partial charge on any atom is 0.0900 e. The molecule has 2 bridgehead atoms. The molecule has 1 N–H and O–H groups in total. The molecule has 1 heterocycles. The number of β-amino-alcohol motifs (C(OH)–C–C–N with tert-alkyl or cyclic N) is 1. The Bertz CT molecular complexity index is 389. The lowest BCUT2D eigenvalue weighted by atomic mass is 9.70. The first-order valence-electron chi connectivity index (χ1n) is 9.35. The van der Waals surface area contributed by atoms with Crippen LogP contribution in [-0.4, -0.2) is 48.5 Å². The average molecular weight is 309 g/mol. The molecule has 0 radical (unpaired) electrons. The van der Waals surface area contributed by atoms with Gasteiger partial charge in [0.2, 0.25) is 0 Å². The number of likely N-dealkylation sites (tertiary alicyclic amines) is 1. The van der Waals surface area contributed by atoms with E-state index in [1.165, 1.54) is 32.1 Å². The number of piperidine rings is 1. The molecule has 2 aliphatic carbocycles. The molecule has 3 heteroatoms. The predicted molar refractivity (Wildman–Crippen MR) is 89.8 cm³/mol. The van der Waals surface area contributed by atoms with Crippen molar-refractivity contribution in [3.63, 3.8) is 0 Å². The van der Waals surface area contributed by atoms with Gasteiger partial charge in [0.15, 0.2) is 0 Å². The van der Waals surface area contributed by atoms with Crippen molar-refractivity contribution < 1.29 is 9.84 Å². The molecule has 1 saturated heterocycles. The van der Waals surface area contributed by atoms with Crippen molar-refractivity contribution in [2.45, 2.75) is 72.0 Å². The first-order valence-corrected chi connectivity index (χ1v) is 9.35. The molecule has 0 unspecified atom stereocenters. The number of fused-ring (bicyclic) bond motifs is 2. The minimum absolute atomic E-state index is 0.304. The Morgan fingerprint density at radius 2 is 1.86 bits per heavy atom. The third-order valence-electron chi connectivity index (χ3n) is 7.55. The Balaban J connectivity index is 1.45. The molecule has 3 aliphatic rings. The molecule has 2 saturated carbocycles. The monoisotopic (exact) mass is 309 g/mol. The first kappa shape index (κ1) is 16.7. The number of aliphatic hydroxyl groups is 1. The zero-order valence-corrected chi connectivity index (χ0v) is 15.0. The maximum absolute atomic E-state index is 10.3. The van der Waals surface area contributed by atoms with Gasteiger partial charge in [-0.3, -0.25) is 0 Å². The summed E-state index contributed by atoms with van der Waals surface area (Å²) >= 11 is 0. The Hall–Kier alpha value is -0.120. The largest absolute Gasteiger partial charge is 0.389 e. The van der Waals surface area contributed by atoms with Gasteiger partial charge in [-0.2, -0.15) is 0 Å². The van der Waals surface area contributed by atoms with Crippen LogP contribution in [0.15, 0.2) is 0 Å². The number of aliphatic hydroxyl groups excluding tert-OH is 1. The van der Waals surface area contributed by atoms with Crippen molar-refractivity contribution in [2.75, 3.05) is 26.2 Å². The van der Waals surface area contributed by atoms with E-state index in [-0.39, 0.29) is 6.10 Å². The lowest BCUT2D eigenvalue weighted by Gasteiger charge is -2.39. The van der Waals surface area contributed by atoms with Crippen LogP contribution in [0.1, 0.15) is 59.8 Å². The van der Waals surface area contributed by atoms with Gasteiger partial charge >= 0.3 is 0 Å². The van der Waals surface area contributed by atoms with Crippen molar-refractivity contribution in [2.24, 2.45) is 22.7 Å². The molecule has 0 aromatic carbocycles. The van der Waals surface area contributed by atoms with Crippen molar-refractivity contribution in [1.82, 2.24) is 4.90 Å². The summed E-state index contributed by atoms with van der Waals surface area (Å²) < 4.78 is 6.22. The normalized spacial score (nSPS) is 40.2. The van der Waals surface area contributed by atoms with Crippen LogP contribution in [0.5, 0.6) is 0 Å². The fourth-order valence-corrected chi connectivity index (χ4v) is 5.20. The predicted octanol–water partition coefficient (Wildman–Crippen LogP) is 3.31. The summed E-state index contributed by atoms with van der Waals surface area (Å²) in [6.07, 6.45) is 6.38. The second-order valence-electron chi connectivity index (χ2n) is 9.07. The molecule has 0 aromatic heterocycles. The third-order valence-corrected chi connectivity index (χ3v) is 7.55. The molecule has 0 aromatic rings. The summed E-state index contributed by atoms with van der Waals surface area (Å²) in [4.78, 5) is 2.40. The average Bonchev–Trinajstić information content (AvgIpc) is 2.80. The fraction of sp³-hybridized carbons (Fsp3) is 1.00. The number of ether oxygens (including phenoxy) is 1. The van der Waals surface area contributed by atoms with E-state index in [0.29, 0.717) is 23.5 Å². The van der Waals surface area contributed by atoms with Gasteiger partial charge in [0.25, 0.3) is 0 Å². The lowest BCUT2D eigenvalue weighted by Crippen LogP contribution is -2.42. The quantitative estimate of drug-likeness (QED) is 0.846. The Morgan fingerprint density at radius 3 is 2.41 bits per heavy atom. The van der Waals surface area contributed by atoms with Crippen LogP contribution in [-0.2, 0) is 4.74 Å². The van der Waals surface area contributed by atoms with Crippen LogP contribution in [0.2, 0.25) is 0 Å². The summed E-state index contributed by atoms with van der Waals surface area (Å²) in [7, 11) is 0. The summed E-state index contributed by atoms with van der Waals surface area (Å²) in [6.45, 7) is 13.1. The van der Waals surface area contributed by atoms with Crippen molar-refractivity contribution in [3.8, 4) is 0 Å². The van der Waals surface area contributed by atoms with Gasteiger partial charge in [-0.15, -0.1) is 0 Å². The second kappa shape index (κ2) is 6.07. The van der Waals surface area contributed by atoms with Gasteiger partial charge < -0.3 is 14.7 Å². The Morgan fingerprint density at radius 1 is 1.18 bits per heavy atom. The van der Waals surface area contributed by atoms with Crippen LogP contribution in [0.4, 0.5) is 0 Å². The second-order valence-corrected chi connectivity index (χ2v) is 9.07. The van der Waals surface area contributed by atoms with E-state index in [2.05, 4.69) is 32.6 Å². The van der Waals surface area contributed by atoms with Crippen LogP contribution in [0.25, 0.3) is 0 Å². The molecule has 3 rings (SSSR count). The van der Waals surface area contributed by atoms with Gasteiger partial charge in [-0.1, -0.05) is 27.7 Å². The molecule has 1 aliphatic heterocycles. The third kappa shape index (κ3) is 2.85. The number of rotatable bonds is 5. The van der Waals surface area contributed by atoms with Gasteiger partial charge in [0.1, 0.15) is 0 Å². The number of hydrogen-bond acceptors (Lipinski definition) is 3. The zero-order chi connectivity index (χ0) is 16.0. The topological polar surface area (TPSA) is 32.7 Å². The van der Waals surface area contributed by atoms with E-state index in [1.54, 1.807) is 0 Å². The zero-order valence-electron chi connectivity index (χ0n) is 15.0. The minimum atomic E-state index is -0.334. The van der Waals surface area contributed by atoms with E-state index in [4.69, 9.17) is 4.74 Å². The van der Waals surface area contributed by atoms with Crippen LogP contribution < -0.4 is 0 Å². The highest BCUT2D eigenvalue weighted by Gasteiger charge is 2.61. The molecular formula is C19H35NO2. The SMILES string of the molecule is CC1CCN(C[C@H](O)CO[C@@H]2C[C@H]3CC[C@@]2(C)C3(C)C)CC1. The smallest absolute Gasteiger partial charge is 0.0900 e. The maximum atomic E-state index is 10.3. The van der Waals surface area contributed by atoms with Crippen molar-refractivity contribution >= 4 is 0 Å². The standard InChI is InChI=1S/C19H35NO2/c1-14-6-9-20(10-7-14)12-16(21)13-22-17-11-15-5-8-19(17,4)18(15,2)3/h14-17,21H,5-13H2,1-4H3/t15-,16+,17-,19-/m1/s1. The highest BCUT2D eigenvalue weighted by Crippen LogP contribution is 2.66. The van der Waals surface area contributed by atoms with Gasteiger partial charge in [-0.25, -0.2) is 0 Å². The van der Waals surface area contributed by atoms with Crippen LogP contribution in [0.3, 0.4) is 0 Å². The van der Waals surface area contributed by atoms with E-state index in [9.17, 15) is 5.11 Å². The molecule has 0 amide bonds. The molecule has 22 heavy (non-hydrogen) atoms. The van der Waals surface area contributed by atoms with Gasteiger partial charge in [0, 0.05) is 6.54 Å². The van der Waals surface area contributed by atoms with Gasteiger partial charge in [0.05, 0.1) is 18.8 Å². The first-order chi connectivity index (χ1) is 10.3. The fourth-order valence-electron chi connectivity index (χ4n) is 5.20. The van der Waals surface area contributed by atoms with E-state index in [1.807, 2.05) is 0 Å². The summed E-state index contributed by atoms with van der Waals surface area (Å²) in [5, 5.41) is 10.3. The minimum Gasteiger partial charge on any atom is -0.389 e. The number of hydrogen-bond donors (Lipinski definition) is 1. The molecule has 3 nitrogen and oxygen atoms in total. The molecule has 0 spiro atoms. The Kier molecular flexibility index (Phi) is 4.61. The van der Waals surface area contributed by atoms with Gasteiger partial charge in [-0.05, 0) is 67.9 Å². The van der Waals surface area contributed by atoms with Crippen molar-refractivity contribution in [3.05, 3.63) is 0 Å². The van der Waals surface area contributed by atoms with E-state index >= 15 is 0 Å². The van der Waals surface area contributed by atoms with Crippen molar-refractivity contribution in [1.29, 1.82) is 0 Å². The summed E-state index contributed by atoms with van der Waals surface area (Å²) in [5.74, 6) is 1.66. The van der Waals surface area contributed by atoms with Crippen LogP contribution in [0, 0.1) is 22.7 Å². The van der Waals surface area contributed by atoms with E-state index < -0.39 is 0 Å². The molecule has 3 fully saturated rings.